The number of carbonyl (C=O) groups is 2. The molecule has 0 radical (unpaired) electrons. The van der Waals surface area contributed by atoms with Gasteiger partial charge in [0, 0.05) is 23.5 Å². The standard InChI is InChI=1S/C20H24N2O3S/c1-5-25-20(24)17-15-6-7-22(4)11-16(15)26-19(17)21-18(23)14-9-12(2)8-13(3)10-14/h8-10H,5-7,11H2,1-4H3,(H,21,23). The summed E-state index contributed by atoms with van der Waals surface area (Å²) in [6, 6.07) is 5.74. The Morgan fingerprint density at radius 1 is 1.23 bits per heavy atom. The largest absolute Gasteiger partial charge is 0.462 e. The van der Waals surface area contributed by atoms with Crippen molar-refractivity contribution in [2.75, 3.05) is 25.5 Å². The van der Waals surface area contributed by atoms with Gasteiger partial charge in [0.1, 0.15) is 5.00 Å². The quantitative estimate of drug-likeness (QED) is 0.830. The number of carbonyl (C=O) groups excluding carboxylic acids is 2. The number of anilines is 1. The van der Waals surface area contributed by atoms with Gasteiger partial charge in [-0.25, -0.2) is 4.79 Å². The van der Waals surface area contributed by atoms with Gasteiger partial charge in [-0.1, -0.05) is 17.2 Å². The molecule has 1 aliphatic heterocycles. The van der Waals surface area contributed by atoms with E-state index in [4.69, 9.17) is 4.74 Å². The lowest BCUT2D eigenvalue weighted by atomic mass is 10.0. The van der Waals surface area contributed by atoms with E-state index in [1.807, 2.05) is 32.0 Å². The van der Waals surface area contributed by atoms with Gasteiger partial charge in [-0.3, -0.25) is 4.79 Å². The van der Waals surface area contributed by atoms with Crippen LogP contribution in [0.2, 0.25) is 0 Å². The SMILES string of the molecule is CCOC(=O)c1c(NC(=O)c2cc(C)cc(C)c2)sc2c1CCN(C)C2. The summed E-state index contributed by atoms with van der Waals surface area (Å²) in [5.74, 6) is -0.556. The summed E-state index contributed by atoms with van der Waals surface area (Å²) in [7, 11) is 2.06. The van der Waals surface area contributed by atoms with Crippen LogP contribution in [0, 0.1) is 13.8 Å². The molecular weight excluding hydrogens is 348 g/mol. The predicted octanol–water partition coefficient (Wildman–Crippen LogP) is 3.78. The molecule has 0 atom stereocenters. The molecule has 0 fully saturated rings. The van der Waals surface area contributed by atoms with Crippen molar-refractivity contribution >= 4 is 28.2 Å². The van der Waals surface area contributed by atoms with Gasteiger partial charge in [0.05, 0.1) is 12.2 Å². The third-order valence-electron chi connectivity index (χ3n) is 4.44. The van der Waals surface area contributed by atoms with E-state index in [-0.39, 0.29) is 11.9 Å². The minimum absolute atomic E-state index is 0.200. The molecule has 5 nitrogen and oxygen atoms in total. The van der Waals surface area contributed by atoms with Gasteiger partial charge in [0.25, 0.3) is 5.91 Å². The molecule has 1 aromatic carbocycles. The molecule has 2 aromatic rings. The van der Waals surface area contributed by atoms with Crippen LogP contribution in [0.1, 0.15) is 49.2 Å². The molecule has 0 saturated heterocycles. The molecule has 1 amide bonds. The summed E-state index contributed by atoms with van der Waals surface area (Å²) >= 11 is 1.48. The van der Waals surface area contributed by atoms with Crippen molar-refractivity contribution < 1.29 is 14.3 Å². The average Bonchev–Trinajstić information content (AvgIpc) is 2.90. The number of benzene rings is 1. The number of aryl methyl sites for hydroxylation is 2. The van der Waals surface area contributed by atoms with Crippen molar-refractivity contribution in [3.05, 3.63) is 50.9 Å². The predicted molar refractivity (Wildman–Crippen MR) is 104 cm³/mol. The molecule has 0 spiro atoms. The second-order valence-electron chi connectivity index (χ2n) is 6.75. The van der Waals surface area contributed by atoms with Crippen molar-refractivity contribution in [2.45, 2.75) is 33.7 Å². The van der Waals surface area contributed by atoms with Crippen LogP contribution < -0.4 is 5.32 Å². The van der Waals surface area contributed by atoms with Crippen molar-refractivity contribution in [3.63, 3.8) is 0 Å². The van der Waals surface area contributed by atoms with E-state index in [0.29, 0.717) is 22.7 Å². The number of rotatable bonds is 4. The Hall–Kier alpha value is -2.18. The lowest BCUT2D eigenvalue weighted by molar-refractivity contribution is 0.0526. The minimum Gasteiger partial charge on any atom is -0.462 e. The van der Waals surface area contributed by atoms with Crippen LogP contribution in [0.3, 0.4) is 0 Å². The second-order valence-corrected chi connectivity index (χ2v) is 7.85. The van der Waals surface area contributed by atoms with E-state index in [0.717, 1.165) is 41.1 Å². The van der Waals surface area contributed by atoms with E-state index < -0.39 is 0 Å². The van der Waals surface area contributed by atoms with Crippen molar-refractivity contribution in [1.82, 2.24) is 4.90 Å². The number of thiophene rings is 1. The third-order valence-corrected chi connectivity index (χ3v) is 5.57. The highest BCUT2D eigenvalue weighted by molar-refractivity contribution is 7.17. The third kappa shape index (κ3) is 3.81. The number of hydrogen-bond acceptors (Lipinski definition) is 5. The Bertz CT molecular complexity index is 837. The Morgan fingerprint density at radius 3 is 2.58 bits per heavy atom. The Labute approximate surface area is 158 Å². The molecule has 1 aromatic heterocycles. The number of ether oxygens (including phenoxy) is 1. The Morgan fingerprint density at radius 2 is 1.92 bits per heavy atom. The van der Waals surface area contributed by atoms with Crippen LogP contribution >= 0.6 is 11.3 Å². The number of nitrogens with one attached hydrogen (secondary N) is 1. The van der Waals surface area contributed by atoms with Gasteiger partial charge in [0.15, 0.2) is 0 Å². The summed E-state index contributed by atoms with van der Waals surface area (Å²) in [6.07, 6.45) is 0.788. The highest BCUT2D eigenvalue weighted by Gasteiger charge is 2.28. The summed E-state index contributed by atoms with van der Waals surface area (Å²) in [6.45, 7) is 7.71. The molecule has 0 saturated carbocycles. The fourth-order valence-electron chi connectivity index (χ4n) is 3.32. The first kappa shape index (κ1) is 18.6. The number of fused-ring (bicyclic) bond motifs is 1. The molecule has 0 bridgehead atoms. The number of hydrogen-bond donors (Lipinski definition) is 1. The van der Waals surface area contributed by atoms with Gasteiger partial charge >= 0.3 is 5.97 Å². The maximum absolute atomic E-state index is 12.8. The highest BCUT2D eigenvalue weighted by Crippen LogP contribution is 2.37. The molecular formula is C20H24N2O3S. The van der Waals surface area contributed by atoms with Crippen molar-refractivity contribution in [1.29, 1.82) is 0 Å². The van der Waals surface area contributed by atoms with Crippen LogP contribution in [0.15, 0.2) is 18.2 Å². The van der Waals surface area contributed by atoms with Gasteiger partial charge in [0.2, 0.25) is 0 Å². The van der Waals surface area contributed by atoms with Crippen molar-refractivity contribution in [3.8, 4) is 0 Å². The van der Waals surface area contributed by atoms with Gasteiger partial charge in [-0.05, 0) is 51.9 Å². The van der Waals surface area contributed by atoms with E-state index in [1.54, 1.807) is 6.92 Å². The van der Waals surface area contributed by atoms with E-state index >= 15 is 0 Å². The first-order valence-electron chi connectivity index (χ1n) is 8.79. The molecule has 3 rings (SSSR count). The maximum Gasteiger partial charge on any atom is 0.341 e. The molecule has 26 heavy (non-hydrogen) atoms. The van der Waals surface area contributed by atoms with Crippen LogP contribution in [-0.4, -0.2) is 37.0 Å². The first-order chi connectivity index (χ1) is 12.4. The van der Waals surface area contributed by atoms with Crippen LogP contribution in [0.4, 0.5) is 5.00 Å². The molecule has 2 heterocycles. The zero-order valence-corrected chi connectivity index (χ0v) is 16.5. The van der Waals surface area contributed by atoms with Crippen LogP contribution in [0.5, 0.6) is 0 Å². The van der Waals surface area contributed by atoms with E-state index in [2.05, 4.69) is 17.3 Å². The fraction of sp³-hybridized carbons (Fsp3) is 0.400. The lowest BCUT2D eigenvalue weighted by Gasteiger charge is -2.22. The maximum atomic E-state index is 12.8. The minimum atomic E-state index is -0.356. The second kappa shape index (κ2) is 7.60. The highest BCUT2D eigenvalue weighted by atomic mass is 32.1. The Kier molecular flexibility index (Phi) is 5.44. The monoisotopic (exact) mass is 372 g/mol. The molecule has 138 valence electrons. The smallest absolute Gasteiger partial charge is 0.341 e. The number of amides is 1. The van der Waals surface area contributed by atoms with E-state index in [9.17, 15) is 9.59 Å². The van der Waals surface area contributed by atoms with Gasteiger partial charge in [-0.15, -0.1) is 11.3 Å². The molecule has 6 heteroatoms. The molecule has 0 unspecified atom stereocenters. The summed E-state index contributed by atoms with van der Waals surface area (Å²) in [4.78, 5) is 28.6. The average molecular weight is 372 g/mol. The number of esters is 1. The molecule has 1 aliphatic rings. The summed E-state index contributed by atoms with van der Waals surface area (Å²) in [5.41, 5.74) is 4.21. The zero-order chi connectivity index (χ0) is 18.8. The molecule has 0 aliphatic carbocycles. The van der Waals surface area contributed by atoms with Gasteiger partial charge in [-0.2, -0.15) is 0 Å². The van der Waals surface area contributed by atoms with Crippen LogP contribution in [-0.2, 0) is 17.7 Å². The molecule has 1 N–H and O–H groups in total. The number of likely N-dealkylation sites (N-methyl/N-ethyl adjacent to an activating group) is 1. The summed E-state index contributed by atoms with van der Waals surface area (Å²) < 4.78 is 5.25. The number of nitrogens with zero attached hydrogens (tertiary/aromatic N) is 1. The van der Waals surface area contributed by atoms with Gasteiger partial charge < -0.3 is 15.0 Å². The topological polar surface area (TPSA) is 58.6 Å². The normalized spacial score (nSPS) is 14.0. The first-order valence-corrected chi connectivity index (χ1v) is 9.60. The summed E-state index contributed by atoms with van der Waals surface area (Å²) in [5, 5.41) is 3.54. The van der Waals surface area contributed by atoms with E-state index in [1.165, 1.54) is 11.3 Å². The van der Waals surface area contributed by atoms with Crippen molar-refractivity contribution in [2.24, 2.45) is 0 Å². The zero-order valence-electron chi connectivity index (χ0n) is 15.6. The van der Waals surface area contributed by atoms with Crippen LogP contribution in [0.25, 0.3) is 0 Å². The lowest BCUT2D eigenvalue weighted by Crippen LogP contribution is -2.26. The fourth-order valence-corrected chi connectivity index (χ4v) is 4.63. The Balaban J connectivity index is 1.96.